The molecule has 1 amide bonds. The van der Waals surface area contributed by atoms with Crippen molar-refractivity contribution in [2.24, 2.45) is 0 Å². The van der Waals surface area contributed by atoms with Crippen molar-refractivity contribution in [1.82, 2.24) is 19.7 Å². The fraction of sp³-hybridized carbons (Fsp3) is 0.526. The Hall–Kier alpha value is -1.93. The summed E-state index contributed by atoms with van der Waals surface area (Å²) in [5.74, 6) is 0.993. The molecule has 8 heteroatoms. The van der Waals surface area contributed by atoms with Crippen LogP contribution in [0.3, 0.4) is 0 Å². The van der Waals surface area contributed by atoms with E-state index in [4.69, 9.17) is 0 Å². The molecular formula is C19H27FN5OS+. The summed E-state index contributed by atoms with van der Waals surface area (Å²) in [5, 5.41) is 9.37. The van der Waals surface area contributed by atoms with Crippen molar-refractivity contribution in [3.63, 3.8) is 0 Å². The first-order valence-corrected chi connectivity index (χ1v) is 10.4. The number of thioether (sulfide) groups is 1. The van der Waals surface area contributed by atoms with Gasteiger partial charge < -0.3 is 9.80 Å². The highest BCUT2D eigenvalue weighted by atomic mass is 32.2. The zero-order chi connectivity index (χ0) is 19.4. The summed E-state index contributed by atoms with van der Waals surface area (Å²) in [7, 11) is 4.11. The number of halogens is 1. The summed E-state index contributed by atoms with van der Waals surface area (Å²) in [5.41, 5.74) is 0.803. The van der Waals surface area contributed by atoms with Crippen LogP contribution in [-0.4, -0.2) is 58.5 Å². The SMILES string of the molecule is C[C@H](c1nnc(SCC(=O)N2CCCCC2)n1-c1ccc(F)cc1)[NH+](C)C. The van der Waals surface area contributed by atoms with Crippen LogP contribution in [-0.2, 0) is 4.79 Å². The van der Waals surface area contributed by atoms with Crippen LogP contribution in [0.4, 0.5) is 4.39 Å². The van der Waals surface area contributed by atoms with Crippen molar-refractivity contribution >= 4 is 17.7 Å². The maximum atomic E-state index is 13.4. The highest BCUT2D eigenvalue weighted by Crippen LogP contribution is 2.25. The third-order valence-electron chi connectivity index (χ3n) is 5.03. The molecule has 146 valence electrons. The van der Waals surface area contributed by atoms with E-state index in [0.717, 1.165) is 37.4 Å². The number of quaternary nitrogens is 1. The number of carbonyl (C=O) groups excluding carboxylic acids is 1. The zero-order valence-corrected chi connectivity index (χ0v) is 16.9. The number of hydrogen-bond acceptors (Lipinski definition) is 4. The van der Waals surface area contributed by atoms with Crippen molar-refractivity contribution in [2.75, 3.05) is 32.9 Å². The molecular weight excluding hydrogens is 365 g/mol. The zero-order valence-electron chi connectivity index (χ0n) is 16.1. The second-order valence-corrected chi connectivity index (χ2v) is 8.12. The fourth-order valence-electron chi connectivity index (χ4n) is 3.11. The van der Waals surface area contributed by atoms with Gasteiger partial charge in [0.2, 0.25) is 5.91 Å². The molecule has 0 saturated carbocycles. The number of nitrogens with zero attached hydrogens (tertiary/aromatic N) is 4. The molecule has 27 heavy (non-hydrogen) atoms. The maximum Gasteiger partial charge on any atom is 0.233 e. The second-order valence-electron chi connectivity index (χ2n) is 7.18. The molecule has 6 nitrogen and oxygen atoms in total. The van der Waals surface area contributed by atoms with E-state index < -0.39 is 0 Å². The Morgan fingerprint density at radius 2 is 1.85 bits per heavy atom. The summed E-state index contributed by atoms with van der Waals surface area (Å²) in [6.07, 6.45) is 3.36. The van der Waals surface area contributed by atoms with E-state index >= 15 is 0 Å². The summed E-state index contributed by atoms with van der Waals surface area (Å²) >= 11 is 1.39. The number of amides is 1. The van der Waals surface area contributed by atoms with Crippen molar-refractivity contribution < 1.29 is 14.1 Å². The third-order valence-corrected chi connectivity index (χ3v) is 5.94. The van der Waals surface area contributed by atoms with Gasteiger partial charge in [0.15, 0.2) is 11.0 Å². The molecule has 2 heterocycles. The number of nitrogens with one attached hydrogen (secondary N) is 1. The molecule has 0 radical (unpaired) electrons. The molecule has 0 spiro atoms. The molecule has 1 atom stereocenters. The van der Waals surface area contributed by atoms with E-state index in [1.54, 1.807) is 12.1 Å². The number of piperidine rings is 1. The van der Waals surface area contributed by atoms with Crippen molar-refractivity contribution in [1.29, 1.82) is 0 Å². The predicted octanol–water partition coefficient (Wildman–Crippen LogP) is 1.72. The summed E-state index contributed by atoms with van der Waals surface area (Å²) < 4.78 is 15.3. The Morgan fingerprint density at radius 3 is 2.48 bits per heavy atom. The summed E-state index contributed by atoms with van der Waals surface area (Å²) in [4.78, 5) is 15.7. The van der Waals surface area contributed by atoms with E-state index in [1.165, 1.54) is 35.2 Å². The number of rotatable bonds is 6. The minimum absolute atomic E-state index is 0.106. The van der Waals surface area contributed by atoms with Crippen LogP contribution in [0, 0.1) is 5.82 Å². The first kappa shape index (κ1) is 19.8. The molecule has 1 aliphatic heterocycles. The van der Waals surface area contributed by atoms with Crippen LogP contribution in [0.5, 0.6) is 0 Å². The predicted molar refractivity (Wildman–Crippen MR) is 104 cm³/mol. The van der Waals surface area contributed by atoms with Gasteiger partial charge in [0.05, 0.1) is 19.8 Å². The smallest absolute Gasteiger partial charge is 0.233 e. The van der Waals surface area contributed by atoms with Crippen LogP contribution in [0.15, 0.2) is 29.4 Å². The molecule has 1 aromatic carbocycles. The Labute approximate surface area is 163 Å². The van der Waals surface area contributed by atoms with Crippen LogP contribution in [0.25, 0.3) is 5.69 Å². The largest absolute Gasteiger partial charge is 0.342 e. The lowest BCUT2D eigenvalue weighted by molar-refractivity contribution is -0.890. The molecule has 1 aliphatic rings. The van der Waals surface area contributed by atoms with Gasteiger partial charge in [0.1, 0.15) is 11.9 Å². The number of benzene rings is 1. The molecule has 0 aliphatic carbocycles. The number of carbonyl (C=O) groups is 1. The van der Waals surface area contributed by atoms with Crippen molar-refractivity contribution in [2.45, 2.75) is 37.4 Å². The highest BCUT2D eigenvalue weighted by Gasteiger charge is 2.24. The number of aromatic nitrogens is 3. The molecule has 1 saturated heterocycles. The molecule has 0 bridgehead atoms. The Kier molecular flexibility index (Phi) is 6.49. The lowest BCUT2D eigenvalue weighted by Crippen LogP contribution is -3.05. The van der Waals surface area contributed by atoms with Gasteiger partial charge in [0.25, 0.3) is 0 Å². The Bertz CT molecular complexity index is 771. The quantitative estimate of drug-likeness (QED) is 0.761. The van der Waals surface area contributed by atoms with Crippen LogP contribution in [0.2, 0.25) is 0 Å². The second kappa shape index (κ2) is 8.84. The van der Waals surface area contributed by atoms with E-state index in [2.05, 4.69) is 31.2 Å². The summed E-state index contributed by atoms with van der Waals surface area (Å²) in [6.45, 7) is 3.76. The van der Waals surface area contributed by atoms with Crippen LogP contribution >= 0.6 is 11.8 Å². The first-order chi connectivity index (χ1) is 13.0. The van der Waals surface area contributed by atoms with Gasteiger partial charge in [-0.2, -0.15) is 0 Å². The molecule has 0 unspecified atom stereocenters. The van der Waals surface area contributed by atoms with Gasteiger partial charge in [-0.05, 0) is 50.5 Å². The van der Waals surface area contributed by atoms with Crippen molar-refractivity contribution in [3.05, 3.63) is 35.9 Å². The van der Waals surface area contributed by atoms with Gasteiger partial charge in [0, 0.05) is 18.8 Å². The highest BCUT2D eigenvalue weighted by molar-refractivity contribution is 7.99. The van der Waals surface area contributed by atoms with E-state index in [-0.39, 0.29) is 17.8 Å². The maximum absolute atomic E-state index is 13.4. The van der Waals surface area contributed by atoms with Gasteiger partial charge >= 0.3 is 0 Å². The van der Waals surface area contributed by atoms with E-state index in [0.29, 0.717) is 10.9 Å². The van der Waals surface area contributed by atoms with Crippen LogP contribution < -0.4 is 4.90 Å². The molecule has 2 aromatic rings. The first-order valence-electron chi connectivity index (χ1n) is 9.39. The molecule has 1 N–H and O–H groups in total. The minimum atomic E-state index is -0.283. The van der Waals surface area contributed by atoms with Crippen LogP contribution in [0.1, 0.15) is 38.1 Å². The number of hydrogen-bond donors (Lipinski definition) is 1. The number of likely N-dealkylation sites (tertiary alicyclic amines) is 1. The van der Waals surface area contributed by atoms with E-state index in [1.807, 2.05) is 9.47 Å². The minimum Gasteiger partial charge on any atom is -0.342 e. The lowest BCUT2D eigenvalue weighted by Gasteiger charge is -2.26. The average Bonchev–Trinajstić information content (AvgIpc) is 3.10. The monoisotopic (exact) mass is 392 g/mol. The van der Waals surface area contributed by atoms with Gasteiger partial charge in [-0.15, -0.1) is 10.2 Å². The molecule has 3 rings (SSSR count). The fourth-order valence-corrected chi connectivity index (χ4v) is 3.97. The molecule has 1 fully saturated rings. The van der Waals surface area contributed by atoms with E-state index in [9.17, 15) is 9.18 Å². The Balaban J connectivity index is 1.83. The Morgan fingerprint density at radius 1 is 1.19 bits per heavy atom. The summed E-state index contributed by atoms with van der Waals surface area (Å²) in [6, 6.07) is 6.40. The lowest BCUT2D eigenvalue weighted by atomic mass is 10.1. The van der Waals surface area contributed by atoms with Gasteiger partial charge in [-0.1, -0.05) is 11.8 Å². The standard InChI is InChI=1S/C19H26FN5OS/c1-14(23(2)3)18-21-22-19(25(18)16-9-7-15(20)8-10-16)27-13-17(26)24-11-5-4-6-12-24/h7-10,14H,4-6,11-13H2,1-3H3/p+1/t14-/m1/s1. The topological polar surface area (TPSA) is 55.5 Å². The normalized spacial score (nSPS) is 16.0. The third kappa shape index (κ3) is 4.68. The molecule has 1 aromatic heterocycles. The average molecular weight is 393 g/mol. The van der Waals surface area contributed by atoms with Gasteiger partial charge in [-0.25, -0.2) is 4.39 Å². The van der Waals surface area contributed by atoms with Crippen molar-refractivity contribution in [3.8, 4) is 5.69 Å². The van der Waals surface area contributed by atoms with Gasteiger partial charge in [-0.3, -0.25) is 9.36 Å².